The number of alkyl halides is 4. The zero-order valence-corrected chi connectivity index (χ0v) is 17.4. The second-order valence-electron chi connectivity index (χ2n) is 7.32. The quantitative estimate of drug-likeness (QED) is 0.536. The van der Waals surface area contributed by atoms with Crippen molar-refractivity contribution in [2.24, 2.45) is 16.6 Å². The lowest BCUT2D eigenvalue weighted by molar-refractivity contribution is -0.141. The van der Waals surface area contributed by atoms with E-state index in [2.05, 4.69) is 25.3 Å². The molecule has 0 saturated heterocycles. The van der Waals surface area contributed by atoms with E-state index < -0.39 is 29.9 Å². The molecule has 3 heterocycles. The third kappa shape index (κ3) is 3.94. The normalized spacial score (nSPS) is 21.4. The van der Waals surface area contributed by atoms with E-state index in [9.17, 15) is 22.0 Å². The van der Waals surface area contributed by atoms with Crippen molar-refractivity contribution in [2.75, 3.05) is 17.7 Å². The molecule has 1 aliphatic heterocycles. The maximum atomic E-state index is 14.8. The first-order chi connectivity index (χ1) is 15.1. The van der Waals surface area contributed by atoms with Gasteiger partial charge in [0.2, 0.25) is 0 Å². The fourth-order valence-corrected chi connectivity index (χ4v) is 4.42. The van der Waals surface area contributed by atoms with Gasteiger partial charge in [-0.15, -0.1) is 0 Å². The molecule has 0 saturated carbocycles. The van der Waals surface area contributed by atoms with E-state index in [1.165, 1.54) is 36.2 Å². The molecule has 3 N–H and O–H groups in total. The van der Waals surface area contributed by atoms with Gasteiger partial charge >= 0.3 is 6.18 Å². The van der Waals surface area contributed by atoms with E-state index in [-0.39, 0.29) is 33.5 Å². The molecule has 168 valence electrons. The number of rotatable bonds is 4. The average Bonchev–Trinajstić information content (AvgIpc) is 2.76. The highest BCUT2D eigenvalue weighted by Crippen LogP contribution is 2.42. The first kappa shape index (κ1) is 22.2. The smallest absolute Gasteiger partial charge is 0.379 e. The number of amidine groups is 1. The number of hydrogen-bond donors (Lipinski definition) is 2. The zero-order chi connectivity index (χ0) is 23.1. The zero-order valence-electron chi connectivity index (χ0n) is 16.6. The number of aromatic nitrogens is 3. The number of pyridine rings is 1. The molecule has 0 fully saturated rings. The van der Waals surface area contributed by atoms with Gasteiger partial charge in [0.1, 0.15) is 23.5 Å². The van der Waals surface area contributed by atoms with Gasteiger partial charge in [0.15, 0.2) is 16.7 Å². The third-order valence-corrected chi connectivity index (χ3v) is 6.31. The maximum Gasteiger partial charge on any atom is 0.434 e. The summed E-state index contributed by atoms with van der Waals surface area (Å²) in [6.07, 6.45) is -2.75. The largest absolute Gasteiger partial charge is 0.434 e. The molecule has 2 aromatic heterocycles. The van der Waals surface area contributed by atoms with Gasteiger partial charge in [0.25, 0.3) is 0 Å². The summed E-state index contributed by atoms with van der Waals surface area (Å²) < 4.78 is 67.8. The Hall–Kier alpha value is -3.02. The van der Waals surface area contributed by atoms with E-state index >= 15 is 0 Å². The Morgan fingerprint density at radius 1 is 1.25 bits per heavy atom. The van der Waals surface area contributed by atoms with Gasteiger partial charge in [-0.2, -0.15) is 13.2 Å². The van der Waals surface area contributed by atoms with Crippen LogP contribution in [0.1, 0.15) is 18.2 Å². The van der Waals surface area contributed by atoms with Crippen LogP contribution in [-0.2, 0) is 11.7 Å². The van der Waals surface area contributed by atoms with Crippen LogP contribution in [0, 0.1) is 11.7 Å². The first-order valence-corrected chi connectivity index (χ1v) is 10.4. The molecular formula is C20H17F5N6S. The summed E-state index contributed by atoms with van der Waals surface area (Å²) in [4.78, 5) is 15.8. The third-order valence-electron chi connectivity index (χ3n) is 5.26. The van der Waals surface area contributed by atoms with Gasteiger partial charge in [-0.3, -0.25) is 0 Å². The molecule has 0 aliphatic carbocycles. The number of anilines is 2. The van der Waals surface area contributed by atoms with Gasteiger partial charge in [-0.05, 0) is 30.2 Å². The highest BCUT2D eigenvalue weighted by atomic mass is 32.2. The van der Waals surface area contributed by atoms with E-state index in [1.54, 1.807) is 6.92 Å². The lowest BCUT2D eigenvalue weighted by atomic mass is 9.80. The molecule has 1 aromatic carbocycles. The molecule has 0 amide bonds. The van der Waals surface area contributed by atoms with Crippen molar-refractivity contribution < 1.29 is 22.0 Å². The molecule has 2 atom stereocenters. The Balaban J connectivity index is 1.75. The van der Waals surface area contributed by atoms with Crippen LogP contribution in [0.25, 0.3) is 11.0 Å². The van der Waals surface area contributed by atoms with E-state index in [1.807, 2.05) is 0 Å². The molecule has 0 spiro atoms. The Labute approximate surface area is 183 Å². The number of aliphatic imine (C=N–C) groups is 1. The van der Waals surface area contributed by atoms with Crippen LogP contribution in [0.3, 0.4) is 0 Å². The predicted molar refractivity (Wildman–Crippen MR) is 113 cm³/mol. The summed E-state index contributed by atoms with van der Waals surface area (Å²) in [5, 5.41) is 3.08. The molecule has 0 bridgehead atoms. The number of halogens is 5. The SMILES string of the molecule is CC1CSC(N)=N[C@]1(CF)c1cc(Nc2nccc3nc(C(F)(F)F)cnc23)ccc1F. The van der Waals surface area contributed by atoms with Crippen molar-refractivity contribution in [3.05, 3.63) is 53.7 Å². The van der Waals surface area contributed by atoms with Crippen LogP contribution in [0.2, 0.25) is 0 Å². The van der Waals surface area contributed by atoms with Crippen molar-refractivity contribution in [2.45, 2.75) is 18.6 Å². The topological polar surface area (TPSA) is 89.1 Å². The van der Waals surface area contributed by atoms with Crippen LogP contribution in [0.5, 0.6) is 0 Å². The van der Waals surface area contributed by atoms with Crippen molar-refractivity contribution >= 4 is 39.5 Å². The van der Waals surface area contributed by atoms with Crippen LogP contribution in [0.4, 0.5) is 33.5 Å². The number of nitrogens with two attached hydrogens (primary N) is 1. The molecule has 3 aromatic rings. The Morgan fingerprint density at radius 2 is 2.03 bits per heavy atom. The number of nitrogens with one attached hydrogen (secondary N) is 1. The van der Waals surface area contributed by atoms with E-state index in [4.69, 9.17) is 5.73 Å². The predicted octanol–water partition coefficient (Wildman–Crippen LogP) is 4.79. The first-order valence-electron chi connectivity index (χ1n) is 9.44. The summed E-state index contributed by atoms with van der Waals surface area (Å²) in [5.41, 5.74) is 3.62. The second-order valence-corrected chi connectivity index (χ2v) is 8.36. The molecule has 32 heavy (non-hydrogen) atoms. The summed E-state index contributed by atoms with van der Waals surface area (Å²) in [5.74, 6) is -0.398. The average molecular weight is 468 g/mol. The standard InChI is InChI=1S/C20H17F5N6S/c1-10-8-32-18(26)31-19(10,9-21)12-6-11(2-3-13(12)22)29-17-16-14(4-5-27-17)30-15(7-28-16)20(23,24)25/h2-7,10H,8-9H2,1H3,(H2,26,31)(H,27,29)/t10?,19-/m0/s1. The van der Waals surface area contributed by atoms with Crippen LogP contribution < -0.4 is 11.1 Å². The monoisotopic (exact) mass is 468 g/mol. The lowest BCUT2D eigenvalue weighted by Gasteiger charge is -2.37. The van der Waals surface area contributed by atoms with Crippen molar-refractivity contribution in [3.63, 3.8) is 0 Å². The number of thioether (sulfide) groups is 1. The molecule has 6 nitrogen and oxygen atoms in total. The van der Waals surface area contributed by atoms with Gasteiger partial charge < -0.3 is 11.1 Å². The molecular weight excluding hydrogens is 451 g/mol. The molecule has 1 aliphatic rings. The minimum Gasteiger partial charge on any atom is -0.379 e. The highest BCUT2D eigenvalue weighted by molar-refractivity contribution is 8.13. The summed E-state index contributed by atoms with van der Waals surface area (Å²) in [6, 6.07) is 5.26. The van der Waals surface area contributed by atoms with Gasteiger partial charge in [0.05, 0.1) is 11.7 Å². The van der Waals surface area contributed by atoms with Gasteiger partial charge in [0, 0.05) is 23.2 Å². The van der Waals surface area contributed by atoms with Crippen molar-refractivity contribution in [1.82, 2.24) is 15.0 Å². The maximum absolute atomic E-state index is 14.8. The van der Waals surface area contributed by atoms with Crippen molar-refractivity contribution in [3.8, 4) is 0 Å². The fourth-order valence-electron chi connectivity index (χ4n) is 3.49. The number of hydrogen-bond acceptors (Lipinski definition) is 7. The lowest BCUT2D eigenvalue weighted by Crippen LogP contribution is -2.41. The highest BCUT2D eigenvalue weighted by Gasteiger charge is 2.43. The summed E-state index contributed by atoms with van der Waals surface area (Å²) >= 11 is 1.27. The second kappa shape index (κ2) is 8.15. The van der Waals surface area contributed by atoms with Gasteiger partial charge in [-0.25, -0.2) is 28.7 Å². The van der Waals surface area contributed by atoms with E-state index in [0.29, 0.717) is 17.6 Å². The van der Waals surface area contributed by atoms with E-state index in [0.717, 1.165) is 6.07 Å². The van der Waals surface area contributed by atoms with Crippen LogP contribution in [0.15, 0.2) is 41.7 Å². The molecule has 1 unspecified atom stereocenters. The van der Waals surface area contributed by atoms with Crippen LogP contribution >= 0.6 is 11.8 Å². The van der Waals surface area contributed by atoms with Crippen LogP contribution in [-0.4, -0.2) is 32.5 Å². The Bertz CT molecular complexity index is 1200. The number of fused-ring (bicyclic) bond motifs is 1. The minimum absolute atomic E-state index is 0.0183. The molecule has 12 heteroatoms. The fraction of sp³-hybridized carbons (Fsp3) is 0.300. The molecule has 4 rings (SSSR count). The minimum atomic E-state index is -4.64. The number of nitrogens with zero attached hydrogens (tertiary/aromatic N) is 4. The Morgan fingerprint density at radius 3 is 2.75 bits per heavy atom. The summed E-state index contributed by atoms with van der Waals surface area (Å²) in [6.45, 7) is 0.816. The Kier molecular flexibility index (Phi) is 5.65. The van der Waals surface area contributed by atoms with Crippen molar-refractivity contribution in [1.29, 1.82) is 0 Å². The van der Waals surface area contributed by atoms with Gasteiger partial charge in [-0.1, -0.05) is 18.7 Å². The summed E-state index contributed by atoms with van der Waals surface area (Å²) in [7, 11) is 0. The molecule has 0 radical (unpaired) electrons. The number of benzene rings is 1.